The molecule has 5 rings (SSSR count). The predicted molar refractivity (Wildman–Crippen MR) is 115 cm³/mol. The number of benzene rings is 1. The second kappa shape index (κ2) is 7.70. The highest BCUT2D eigenvalue weighted by Crippen LogP contribution is 2.32. The molecule has 156 valence electrons. The Kier molecular flexibility index (Phi) is 4.89. The minimum absolute atomic E-state index is 0.126. The van der Waals surface area contributed by atoms with Crippen molar-refractivity contribution >= 4 is 17.4 Å². The van der Waals surface area contributed by atoms with Gasteiger partial charge in [0, 0.05) is 43.7 Å². The smallest absolute Gasteiger partial charge is 0.225 e. The standard InChI is InChI=1S/C23H27N5O2/c1-15(2)30-18-6-5-17-13-24-22(19(17)11-18)20-12-21(26-14-25-20)27-7-9-28(10-8-27)23(29)16-3-4-16/h5-6,11-12,14-16H,3-4,7-10,13H2,1-2H3. The third kappa shape index (κ3) is 3.76. The molecule has 7 nitrogen and oxygen atoms in total. The zero-order chi connectivity index (χ0) is 20.7. The molecular weight excluding hydrogens is 378 g/mol. The number of hydrogen-bond donors (Lipinski definition) is 0. The van der Waals surface area contributed by atoms with Gasteiger partial charge in [-0.2, -0.15) is 0 Å². The molecule has 0 spiro atoms. The molecule has 1 aromatic heterocycles. The molecule has 7 heteroatoms. The maximum absolute atomic E-state index is 12.3. The Hall–Kier alpha value is -2.96. The van der Waals surface area contributed by atoms with Gasteiger partial charge in [0.25, 0.3) is 0 Å². The van der Waals surface area contributed by atoms with Crippen LogP contribution in [0.25, 0.3) is 0 Å². The average Bonchev–Trinajstić information content (AvgIpc) is 3.52. The number of hydrogen-bond acceptors (Lipinski definition) is 6. The molecule has 2 fully saturated rings. The van der Waals surface area contributed by atoms with Gasteiger partial charge in [0.15, 0.2) is 0 Å². The van der Waals surface area contributed by atoms with Crippen LogP contribution in [0.15, 0.2) is 35.6 Å². The first-order valence-electron chi connectivity index (χ1n) is 10.8. The van der Waals surface area contributed by atoms with Crippen LogP contribution in [0.1, 0.15) is 43.5 Å². The minimum atomic E-state index is 0.126. The van der Waals surface area contributed by atoms with Crippen molar-refractivity contribution in [3.05, 3.63) is 47.4 Å². The van der Waals surface area contributed by atoms with Crippen LogP contribution in [0.2, 0.25) is 0 Å². The topological polar surface area (TPSA) is 70.9 Å². The number of carbonyl (C=O) groups is 1. The number of aromatic nitrogens is 2. The van der Waals surface area contributed by atoms with Crippen molar-refractivity contribution in [2.75, 3.05) is 31.1 Å². The van der Waals surface area contributed by atoms with Crippen molar-refractivity contribution in [3.8, 4) is 5.75 Å². The Bertz CT molecular complexity index is 991. The lowest BCUT2D eigenvalue weighted by Gasteiger charge is -2.35. The van der Waals surface area contributed by atoms with E-state index in [4.69, 9.17) is 9.73 Å². The van der Waals surface area contributed by atoms with Gasteiger partial charge in [-0.25, -0.2) is 9.97 Å². The van der Waals surface area contributed by atoms with Crippen molar-refractivity contribution in [1.82, 2.24) is 14.9 Å². The third-order valence-corrected chi connectivity index (χ3v) is 5.85. The van der Waals surface area contributed by atoms with E-state index in [1.807, 2.05) is 30.9 Å². The van der Waals surface area contributed by atoms with Crippen molar-refractivity contribution in [2.24, 2.45) is 10.9 Å². The fourth-order valence-electron chi connectivity index (χ4n) is 4.12. The molecule has 1 saturated heterocycles. The van der Waals surface area contributed by atoms with Gasteiger partial charge in [-0.15, -0.1) is 0 Å². The van der Waals surface area contributed by atoms with Crippen LogP contribution < -0.4 is 9.64 Å². The summed E-state index contributed by atoms with van der Waals surface area (Å²) in [4.78, 5) is 30.3. The third-order valence-electron chi connectivity index (χ3n) is 5.85. The summed E-state index contributed by atoms with van der Waals surface area (Å²) in [5.41, 5.74) is 3.99. The lowest BCUT2D eigenvalue weighted by Crippen LogP contribution is -2.49. The van der Waals surface area contributed by atoms with Gasteiger partial charge in [-0.05, 0) is 44.4 Å². The number of nitrogens with zero attached hydrogens (tertiary/aromatic N) is 5. The minimum Gasteiger partial charge on any atom is -0.491 e. The zero-order valence-corrected chi connectivity index (χ0v) is 17.5. The van der Waals surface area contributed by atoms with Gasteiger partial charge in [0.1, 0.15) is 17.9 Å². The SMILES string of the molecule is CC(C)Oc1ccc2c(c1)C(c1cc(N3CCN(C(=O)C4CC4)CC3)ncn1)=NC2. The number of fused-ring (bicyclic) bond motifs is 1. The fourth-order valence-corrected chi connectivity index (χ4v) is 4.12. The maximum Gasteiger partial charge on any atom is 0.225 e. The normalized spacial score (nSPS) is 18.4. The fraction of sp³-hybridized carbons (Fsp3) is 0.478. The Morgan fingerprint density at radius 2 is 1.90 bits per heavy atom. The summed E-state index contributed by atoms with van der Waals surface area (Å²) in [6.45, 7) is 7.82. The van der Waals surface area contributed by atoms with Gasteiger partial charge >= 0.3 is 0 Å². The average molecular weight is 406 g/mol. The molecule has 1 amide bonds. The maximum atomic E-state index is 12.3. The lowest BCUT2D eigenvalue weighted by atomic mass is 10.0. The van der Waals surface area contributed by atoms with E-state index in [1.165, 1.54) is 5.56 Å². The van der Waals surface area contributed by atoms with E-state index in [0.29, 0.717) is 12.5 Å². The molecule has 3 aliphatic rings. The van der Waals surface area contributed by atoms with Crippen molar-refractivity contribution in [1.29, 1.82) is 0 Å². The number of anilines is 1. The molecule has 0 unspecified atom stereocenters. The van der Waals surface area contributed by atoms with Gasteiger partial charge in [0.2, 0.25) is 5.91 Å². The molecular formula is C23H27N5O2. The molecule has 1 saturated carbocycles. The Balaban J connectivity index is 1.32. The van der Waals surface area contributed by atoms with E-state index >= 15 is 0 Å². The van der Waals surface area contributed by atoms with Gasteiger partial charge in [-0.1, -0.05) is 6.07 Å². The number of amides is 1. The molecule has 1 aliphatic carbocycles. The van der Waals surface area contributed by atoms with Crippen molar-refractivity contribution in [3.63, 3.8) is 0 Å². The van der Waals surface area contributed by atoms with E-state index in [2.05, 4.69) is 27.0 Å². The van der Waals surface area contributed by atoms with Crippen LogP contribution in [0.5, 0.6) is 5.75 Å². The molecule has 0 bridgehead atoms. The second-order valence-corrected chi connectivity index (χ2v) is 8.50. The van der Waals surface area contributed by atoms with Crippen LogP contribution in [-0.4, -0.2) is 58.8 Å². The number of aliphatic imine (C=N–C) groups is 1. The highest BCUT2D eigenvalue weighted by molar-refractivity contribution is 6.14. The second-order valence-electron chi connectivity index (χ2n) is 8.50. The van der Waals surface area contributed by atoms with E-state index < -0.39 is 0 Å². The first-order valence-corrected chi connectivity index (χ1v) is 10.8. The quantitative estimate of drug-likeness (QED) is 0.765. The van der Waals surface area contributed by atoms with E-state index in [9.17, 15) is 4.79 Å². The number of rotatable bonds is 5. The highest BCUT2D eigenvalue weighted by atomic mass is 16.5. The van der Waals surface area contributed by atoms with Crippen LogP contribution in [0.3, 0.4) is 0 Å². The first kappa shape index (κ1) is 19.0. The van der Waals surface area contributed by atoms with E-state index in [0.717, 1.165) is 67.6 Å². The molecule has 0 radical (unpaired) electrons. The summed E-state index contributed by atoms with van der Waals surface area (Å²) in [6.07, 6.45) is 3.85. The summed E-state index contributed by atoms with van der Waals surface area (Å²) < 4.78 is 5.86. The summed E-state index contributed by atoms with van der Waals surface area (Å²) in [5, 5.41) is 0. The molecule has 1 aromatic carbocycles. The number of ether oxygens (including phenoxy) is 1. The van der Waals surface area contributed by atoms with Crippen LogP contribution in [-0.2, 0) is 11.3 Å². The van der Waals surface area contributed by atoms with E-state index in [-0.39, 0.29) is 12.0 Å². The summed E-state index contributed by atoms with van der Waals surface area (Å²) >= 11 is 0. The Morgan fingerprint density at radius 3 is 2.63 bits per heavy atom. The Labute approximate surface area is 176 Å². The monoisotopic (exact) mass is 405 g/mol. The molecule has 30 heavy (non-hydrogen) atoms. The molecule has 2 aliphatic heterocycles. The number of piperazine rings is 1. The van der Waals surface area contributed by atoms with Crippen LogP contribution >= 0.6 is 0 Å². The summed E-state index contributed by atoms with van der Waals surface area (Å²) in [7, 11) is 0. The molecule has 3 heterocycles. The molecule has 0 N–H and O–H groups in total. The Morgan fingerprint density at radius 1 is 1.10 bits per heavy atom. The zero-order valence-electron chi connectivity index (χ0n) is 17.5. The predicted octanol–water partition coefficient (Wildman–Crippen LogP) is 2.67. The highest BCUT2D eigenvalue weighted by Gasteiger charge is 2.34. The largest absolute Gasteiger partial charge is 0.491 e. The first-order chi connectivity index (χ1) is 14.6. The van der Waals surface area contributed by atoms with Gasteiger partial charge < -0.3 is 14.5 Å². The molecule has 0 atom stereocenters. The summed E-state index contributed by atoms with van der Waals surface area (Å²) in [5.74, 6) is 2.36. The lowest BCUT2D eigenvalue weighted by molar-refractivity contribution is -0.132. The number of carbonyl (C=O) groups excluding carboxylic acids is 1. The van der Waals surface area contributed by atoms with Crippen molar-refractivity contribution < 1.29 is 9.53 Å². The van der Waals surface area contributed by atoms with Crippen LogP contribution in [0.4, 0.5) is 5.82 Å². The van der Waals surface area contributed by atoms with Gasteiger partial charge in [0.05, 0.1) is 24.1 Å². The summed E-state index contributed by atoms with van der Waals surface area (Å²) in [6, 6.07) is 8.17. The van der Waals surface area contributed by atoms with Gasteiger partial charge in [-0.3, -0.25) is 9.79 Å². The van der Waals surface area contributed by atoms with E-state index in [1.54, 1.807) is 6.33 Å². The van der Waals surface area contributed by atoms with Crippen LogP contribution in [0, 0.1) is 5.92 Å². The molecule has 2 aromatic rings. The van der Waals surface area contributed by atoms with Crippen molar-refractivity contribution in [2.45, 2.75) is 39.3 Å².